The van der Waals surface area contributed by atoms with Crippen molar-refractivity contribution >= 4 is 5.91 Å². The van der Waals surface area contributed by atoms with Gasteiger partial charge in [-0.3, -0.25) is 10.1 Å². The fourth-order valence-corrected chi connectivity index (χ4v) is 0.802. The zero-order chi connectivity index (χ0) is 10.1. The van der Waals surface area contributed by atoms with Crippen molar-refractivity contribution in [3.63, 3.8) is 0 Å². The van der Waals surface area contributed by atoms with E-state index in [-0.39, 0.29) is 18.5 Å². The fraction of sp³-hybridized carbons (Fsp3) is 0.500. The second-order valence-corrected chi connectivity index (χ2v) is 2.68. The summed E-state index contributed by atoms with van der Waals surface area (Å²) in [4.78, 5) is 11.1. The summed E-state index contributed by atoms with van der Waals surface area (Å²) < 4.78 is 0. The molecule has 0 saturated carbocycles. The van der Waals surface area contributed by atoms with Crippen molar-refractivity contribution in [2.24, 2.45) is 0 Å². The Hall–Kier alpha value is -1.45. The van der Waals surface area contributed by atoms with Gasteiger partial charge in [0, 0.05) is 12.5 Å². The molecule has 0 spiro atoms. The topological polar surface area (TPSA) is 41.1 Å². The fourth-order valence-electron chi connectivity index (χ4n) is 0.802. The van der Waals surface area contributed by atoms with E-state index >= 15 is 0 Å². The predicted molar refractivity (Wildman–Crippen MR) is 52.8 cm³/mol. The van der Waals surface area contributed by atoms with Crippen LogP contribution in [-0.4, -0.2) is 25.0 Å². The zero-order valence-electron chi connectivity index (χ0n) is 7.76. The molecular weight excluding hydrogens is 164 g/mol. The highest BCUT2D eigenvalue weighted by atomic mass is 16.1. The van der Waals surface area contributed by atoms with E-state index in [4.69, 9.17) is 12.8 Å². The Balaban J connectivity index is 3.52. The van der Waals surface area contributed by atoms with Gasteiger partial charge in [0.1, 0.15) is 0 Å². The van der Waals surface area contributed by atoms with Crippen LogP contribution in [0.4, 0.5) is 0 Å². The Morgan fingerprint density at radius 2 is 2.15 bits per heavy atom. The van der Waals surface area contributed by atoms with E-state index in [1.165, 1.54) is 0 Å². The van der Waals surface area contributed by atoms with Gasteiger partial charge in [-0.15, -0.1) is 18.8 Å². The number of hydrogen-bond acceptors (Lipinski definition) is 2. The first kappa shape index (κ1) is 11.6. The largest absolute Gasteiger partial charge is 0.352 e. The first-order valence-electron chi connectivity index (χ1n) is 4.07. The summed E-state index contributed by atoms with van der Waals surface area (Å²) in [7, 11) is 0. The van der Waals surface area contributed by atoms with Gasteiger partial charge in [-0.2, -0.15) is 0 Å². The second-order valence-electron chi connectivity index (χ2n) is 2.68. The second kappa shape index (κ2) is 7.21. The molecule has 0 radical (unpaired) electrons. The SMILES string of the molecule is C#CCNCC(=O)NC(C)CC#C. The van der Waals surface area contributed by atoms with Crippen LogP contribution in [0.3, 0.4) is 0 Å². The number of terminal acetylenes is 2. The van der Waals surface area contributed by atoms with Gasteiger partial charge in [-0.05, 0) is 6.92 Å². The molecule has 0 aliphatic rings. The highest BCUT2D eigenvalue weighted by Gasteiger charge is 2.04. The smallest absolute Gasteiger partial charge is 0.234 e. The van der Waals surface area contributed by atoms with Crippen LogP contribution in [0.25, 0.3) is 0 Å². The van der Waals surface area contributed by atoms with Gasteiger partial charge >= 0.3 is 0 Å². The lowest BCUT2D eigenvalue weighted by Crippen LogP contribution is -2.38. The summed E-state index contributed by atoms with van der Waals surface area (Å²) in [5.74, 6) is 4.77. The minimum absolute atomic E-state index is 0.0186. The maximum Gasteiger partial charge on any atom is 0.234 e. The molecular formula is C10H14N2O. The lowest BCUT2D eigenvalue weighted by molar-refractivity contribution is -0.120. The van der Waals surface area contributed by atoms with Crippen LogP contribution in [0.2, 0.25) is 0 Å². The molecule has 0 aliphatic heterocycles. The molecule has 1 unspecified atom stereocenters. The Morgan fingerprint density at radius 1 is 1.46 bits per heavy atom. The molecule has 3 heteroatoms. The van der Waals surface area contributed by atoms with E-state index in [2.05, 4.69) is 22.5 Å². The Morgan fingerprint density at radius 3 is 2.69 bits per heavy atom. The molecule has 3 nitrogen and oxygen atoms in total. The van der Waals surface area contributed by atoms with Gasteiger partial charge in [0.2, 0.25) is 5.91 Å². The number of carbonyl (C=O) groups is 1. The van der Waals surface area contributed by atoms with Crippen molar-refractivity contribution in [2.75, 3.05) is 13.1 Å². The summed E-state index contributed by atoms with van der Waals surface area (Å²) in [6.07, 6.45) is 10.6. The average molecular weight is 178 g/mol. The van der Waals surface area contributed by atoms with Crippen LogP contribution < -0.4 is 10.6 Å². The Bertz CT molecular complexity index is 234. The molecule has 1 amide bonds. The highest BCUT2D eigenvalue weighted by Crippen LogP contribution is 1.86. The quantitative estimate of drug-likeness (QED) is 0.450. The third kappa shape index (κ3) is 6.93. The Kier molecular flexibility index (Phi) is 6.41. The van der Waals surface area contributed by atoms with Crippen molar-refractivity contribution in [2.45, 2.75) is 19.4 Å². The van der Waals surface area contributed by atoms with Crippen molar-refractivity contribution in [3.05, 3.63) is 0 Å². The molecule has 70 valence electrons. The van der Waals surface area contributed by atoms with Gasteiger partial charge in [-0.25, -0.2) is 0 Å². The van der Waals surface area contributed by atoms with E-state index in [1.54, 1.807) is 0 Å². The van der Waals surface area contributed by atoms with E-state index < -0.39 is 0 Å². The summed E-state index contributed by atoms with van der Waals surface area (Å²) in [5.41, 5.74) is 0. The average Bonchev–Trinajstić information content (AvgIpc) is 2.05. The minimum Gasteiger partial charge on any atom is -0.352 e. The first-order valence-corrected chi connectivity index (χ1v) is 4.07. The number of amides is 1. The summed E-state index contributed by atoms with van der Waals surface area (Å²) in [6, 6.07) is 0.0186. The van der Waals surface area contributed by atoms with E-state index in [0.717, 1.165) is 0 Å². The zero-order valence-corrected chi connectivity index (χ0v) is 7.76. The van der Waals surface area contributed by atoms with Crippen LogP contribution in [0, 0.1) is 24.7 Å². The molecule has 0 heterocycles. The monoisotopic (exact) mass is 178 g/mol. The molecule has 0 aromatic carbocycles. The van der Waals surface area contributed by atoms with Gasteiger partial charge in [0.05, 0.1) is 13.1 Å². The molecule has 0 aromatic rings. The molecule has 0 rings (SSSR count). The normalized spacial score (nSPS) is 11.0. The molecule has 0 aliphatic carbocycles. The number of rotatable bonds is 5. The van der Waals surface area contributed by atoms with Crippen LogP contribution in [0.1, 0.15) is 13.3 Å². The lowest BCUT2D eigenvalue weighted by atomic mass is 10.2. The highest BCUT2D eigenvalue weighted by molar-refractivity contribution is 5.78. The Labute approximate surface area is 79.3 Å². The van der Waals surface area contributed by atoms with Crippen molar-refractivity contribution in [1.29, 1.82) is 0 Å². The van der Waals surface area contributed by atoms with Gasteiger partial charge < -0.3 is 5.32 Å². The van der Waals surface area contributed by atoms with Gasteiger partial charge in [0.25, 0.3) is 0 Å². The molecule has 2 N–H and O–H groups in total. The molecule has 0 fully saturated rings. The third-order valence-corrected chi connectivity index (χ3v) is 1.34. The lowest BCUT2D eigenvalue weighted by Gasteiger charge is -2.10. The molecule has 1 atom stereocenters. The van der Waals surface area contributed by atoms with Crippen molar-refractivity contribution in [3.8, 4) is 24.7 Å². The van der Waals surface area contributed by atoms with Gasteiger partial charge in [-0.1, -0.05) is 5.92 Å². The maximum absolute atomic E-state index is 11.1. The molecule has 0 bridgehead atoms. The number of nitrogens with one attached hydrogen (secondary N) is 2. The van der Waals surface area contributed by atoms with Crippen LogP contribution in [0.15, 0.2) is 0 Å². The van der Waals surface area contributed by atoms with Crippen LogP contribution in [-0.2, 0) is 4.79 Å². The molecule has 0 saturated heterocycles. The van der Waals surface area contributed by atoms with E-state index in [0.29, 0.717) is 13.0 Å². The van der Waals surface area contributed by atoms with Crippen molar-refractivity contribution < 1.29 is 4.79 Å². The van der Waals surface area contributed by atoms with Crippen LogP contribution >= 0.6 is 0 Å². The van der Waals surface area contributed by atoms with Crippen LogP contribution in [0.5, 0.6) is 0 Å². The predicted octanol–water partition coefficient (Wildman–Crippen LogP) is -0.263. The maximum atomic E-state index is 11.1. The van der Waals surface area contributed by atoms with Crippen molar-refractivity contribution in [1.82, 2.24) is 10.6 Å². The number of hydrogen-bond donors (Lipinski definition) is 2. The first-order chi connectivity index (χ1) is 6.20. The van der Waals surface area contributed by atoms with Gasteiger partial charge in [0.15, 0.2) is 0 Å². The molecule has 0 aromatic heterocycles. The summed E-state index contributed by atoms with van der Waals surface area (Å²) in [6.45, 7) is 2.50. The third-order valence-electron chi connectivity index (χ3n) is 1.34. The summed E-state index contributed by atoms with van der Waals surface area (Å²) >= 11 is 0. The standard InChI is InChI=1S/C10H14N2O/c1-4-6-9(3)12-10(13)8-11-7-5-2/h1-2,9,11H,6-8H2,3H3,(H,12,13). The van der Waals surface area contributed by atoms with E-state index in [9.17, 15) is 4.79 Å². The minimum atomic E-state index is -0.0852. The van der Waals surface area contributed by atoms with E-state index in [1.807, 2.05) is 6.92 Å². The molecule has 13 heavy (non-hydrogen) atoms. The number of carbonyl (C=O) groups excluding carboxylic acids is 1. The summed E-state index contributed by atoms with van der Waals surface area (Å²) in [5, 5.41) is 5.51.